The highest BCUT2D eigenvalue weighted by molar-refractivity contribution is 5.76. The van der Waals surface area contributed by atoms with Crippen LogP contribution in [0.5, 0.6) is 0 Å². The number of rotatable bonds is 4. The van der Waals surface area contributed by atoms with Gasteiger partial charge in [0.05, 0.1) is 17.8 Å². The van der Waals surface area contributed by atoms with Gasteiger partial charge in [0.25, 0.3) is 5.56 Å². The van der Waals surface area contributed by atoms with E-state index in [1.807, 2.05) is 6.07 Å². The summed E-state index contributed by atoms with van der Waals surface area (Å²) in [5, 5.41) is 3.86. The summed E-state index contributed by atoms with van der Waals surface area (Å²) >= 11 is 0. The predicted molar refractivity (Wildman–Crippen MR) is 109 cm³/mol. The lowest BCUT2D eigenvalue weighted by atomic mass is 10.1. The van der Waals surface area contributed by atoms with E-state index in [1.165, 1.54) is 16.5 Å². The van der Waals surface area contributed by atoms with Crippen LogP contribution < -0.4 is 5.56 Å². The van der Waals surface area contributed by atoms with E-state index in [0.29, 0.717) is 35.6 Å². The van der Waals surface area contributed by atoms with Crippen molar-refractivity contribution in [3.05, 3.63) is 82.0 Å². The van der Waals surface area contributed by atoms with Gasteiger partial charge in [-0.05, 0) is 24.3 Å². The summed E-state index contributed by atoms with van der Waals surface area (Å²) in [5.74, 6) is 0.0915. The molecular weight excluding hydrogens is 401 g/mol. The Morgan fingerprint density at radius 1 is 1.16 bits per heavy atom. The Labute approximate surface area is 176 Å². The quantitative estimate of drug-likeness (QED) is 0.504. The zero-order valence-electron chi connectivity index (χ0n) is 16.5. The second-order valence-electron chi connectivity index (χ2n) is 7.36. The van der Waals surface area contributed by atoms with E-state index < -0.39 is 0 Å². The van der Waals surface area contributed by atoms with Crippen molar-refractivity contribution in [2.75, 3.05) is 6.54 Å². The molecule has 0 saturated heterocycles. The Morgan fingerprint density at radius 3 is 2.94 bits per heavy atom. The Kier molecular flexibility index (Phi) is 4.78. The fraction of sp³-hybridized carbons (Fsp3) is 0.227. The molecule has 1 amide bonds. The van der Waals surface area contributed by atoms with Crippen molar-refractivity contribution in [1.82, 2.24) is 24.4 Å². The second-order valence-corrected chi connectivity index (χ2v) is 7.36. The third-order valence-corrected chi connectivity index (χ3v) is 5.34. The number of pyridine rings is 1. The van der Waals surface area contributed by atoms with E-state index in [-0.39, 0.29) is 42.5 Å². The SMILES string of the molecule is O=C(CCc1nc(-c2cccc(F)c2)no1)N1CCc2nc3ccccn3c(=O)c2C1. The molecule has 5 rings (SSSR count). The van der Waals surface area contributed by atoms with Crippen LogP contribution in [0.25, 0.3) is 17.0 Å². The van der Waals surface area contributed by atoms with Crippen LogP contribution in [-0.4, -0.2) is 36.9 Å². The summed E-state index contributed by atoms with van der Waals surface area (Å²) in [6.45, 7) is 0.732. The molecule has 4 aromatic rings. The van der Waals surface area contributed by atoms with E-state index >= 15 is 0 Å². The largest absolute Gasteiger partial charge is 0.339 e. The lowest BCUT2D eigenvalue weighted by Crippen LogP contribution is -2.40. The molecule has 1 aromatic carbocycles. The number of aromatic nitrogens is 4. The van der Waals surface area contributed by atoms with Gasteiger partial charge < -0.3 is 9.42 Å². The first kappa shape index (κ1) is 19.1. The number of aryl methyl sites for hydroxylation is 1. The van der Waals surface area contributed by atoms with Crippen LogP contribution in [0.1, 0.15) is 23.6 Å². The molecule has 0 spiro atoms. The predicted octanol–water partition coefficient (Wildman–Crippen LogP) is 2.40. The minimum Gasteiger partial charge on any atom is -0.339 e. The number of nitrogens with zero attached hydrogens (tertiary/aromatic N) is 5. The van der Waals surface area contributed by atoms with Gasteiger partial charge in [0.1, 0.15) is 11.5 Å². The highest BCUT2D eigenvalue weighted by Crippen LogP contribution is 2.19. The molecule has 0 N–H and O–H groups in total. The van der Waals surface area contributed by atoms with Gasteiger partial charge in [-0.1, -0.05) is 23.4 Å². The van der Waals surface area contributed by atoms with Gasteiger partial charge in [-0.15, -0.1) is 0 Å². The average Bonchev–Trinajstić information content (AvgIpc) is 3.27. The Balaban J connectivity index is 1.27. The molecular formula is C22H18FN5O3. The smallest absolute Gasteiger partial charge is 0.263 e. The summed E-state index contributed by atoms with van der Waals surface area (Å²) in [7, 11) is 0. The van der Waals surface area contributed by atoms with Gasteiger partial charge in [0.15, 0.2) is 0 Å². The van der Waals surface area contributed by atoms with Crippen molar-refractivity contribution >= 4 is 11.6 Å². The zero-order chi connectivity index (χ0) is 21.4. The van der Waals surface area contributed by atoms with Crippen LogP contribution in [0.2, 0.25) is 0 Å². The van der Waals surface area contributed by atoms with E-state index in [0.717, 1.165) is 5.69 Å². The molecule has 0 saturated carbocycles. The highest BCUT2D eigenvalue weighted by Gasteiger charge is 2.25. The standard InChI is InChI=1S/C22H18FN5O3/c23-15-5-3-4-14(12-15)21-25-19(31-26-21)7-8-20(29)27-11-9-17-16(13-27)22(30)28-10-2-1-6-18(28)24-17/h1-6,10,12H,7-9,11,13H2. The van der Waals surface area contributed by atoms with Crippen LogP contribution in [0.3, 0.4) is 0 Å². The number of hydrogen-bond donors (Lipinski definition) is 0. The molecule has 0 bridgehead atoms. The van der Waals surface area contributed by atoms with Crippen molar-refractivity contribution in [1.29, 1.82) is 0 Å². The molecule has 0 aliphatic carbocycles. The third-order valence-electron chi connectivity index (χ3n) is 5.34. The number of carbonyl (C=O) groups excluding carboxylic acids is 1. The number of carbonyl (C=O) groups is 1. The van der Waals surface area contributed by atoms with Gasteiger partial charge in [-0.25, -0.2) is 9.37 Å². The third kappa shape index (κ3) is 3.70. The molecule has 31 heavy (non-hydrogen) atoms. The second kappa shape index (κ2) is 7.75. The molecule has 0 radical (unpaired) electrons. The van der Waals surface area contributed by atoms with Crippen molar-refractivity contribution in [3.63, 3.8) is 0 Å². The summed E-state index contributed by atoms with van der Waals surface area (Å²) in [5.41, 5.74) is 2.27. The molecule has 156 valence electrons. The summed E-state index contributed by atoms with van der Waals surface area (Å²) in [6, 6.07) is 11.3. The molecule has 1 aliphatic heterocycles. The molecule has 0 fully saturated rings. The first-order valence-electron chi connectivity index (χ1n) is 9.94. The first-order valence-corrected chi connectivity index (χ1v) is 9.94. The Hall–Kier alpha value is -3.88. The molecule has 0 unspecified atom stereocenters. The van der Waals surface area contributed by atoms with E-state index in [9.17, 15) is 14.0 Å². The normalized spacial score (nSPS) is 13.4. The van der Waals surface area contributed by atoms with Crippen LogP contribution >= 0.6 is 0 Å². The lowest BCUT2D eigenvalue weighted by molar-refractivity contribution is -0.132. The van der Waals surface area contributed by atoms with Crippen molar-refractivity contribution < 1.29 is 13.7 Å². The van der Waals surface area contributed by atoms with Gasteiger partial charge >= 0.3 is 0 Å². The van der Waals surface area contributed by atoms with Crippen LogP contribution in [0, 0.1) is 5.82 Å². The Morgan fingerprint density at radius 2 is 2.06 bits per heavy atom. The number of fused-ring (bicyclic) bond motifs is 2. The number of amides is 1. The average molecular weight is 419 g/mol. The van der Waals surface area contributed by atoms with Crippen LogP contribution in [0.4, 0.5) is 4.39 Å². The Bertz CT molecular complexity index is 1350. The topological polar surface area (TPSA) is 93.6 Å². The molecule has 4 heterocycles. The molecule has 8 nitrogen and oxygen atoms in total. The maximum Gasteiger partial charge on any atom is 0.263 e. The van der Waals surface area contributed by atoms with E-state index in [1.54, 1.807) is 35.4 Å². The summed E-state index contributed by atoms with van der Waals surface area (Å²) in [6.07, 6.45) is 2.64. The maximum atomic E-state index is 13.4. The fourth-order valence-corrected chi connectivity index (χ4v) is 3.73. The molecule has 3 aromatic heterocycles. The van der Waals surface area contributed by atoms with E-state index in [2.05, 4.69) is 15.1 Å². The monoisotopic (exact) mass is 419 g/mol. The first-order chi connectivity index (χ1) is 15.1. The summed E-state index contributed by atoms with van der Waals surface area (Å²) < 4.78 is 20.1. The minimum absolute atomic E-state index is 0.103. The van der Waals surface area contributed by atoms with Gasteiger partial charge in [-0.2, -0.15) is 4.98 Å². The van der Waals surface area contributed by atoms with Crippen molar-refractivity contribution in [3.8, 4) is 11.4 Å². The highest BCUT2D eigenvalue weighted by atomic mass is 19.1. The van der Waals surface area contributed by atoms with E-state index in [4.69, 9.17) is 4.52 Å². The zero-order valence-corrected chi connectivity index (χ0v) is 16.5. The fourth-order valence-electron chi connectivity index (χ4n) is 3.73. The molecule has 9 heteroatoms. The molecule has 0 atom stereocenters. The number of halogens is 1. The molecule has 1 aliphatic rings. The maximum absolute atomic E-state index is 13.4. The van der Waals surface area contributed by atoms with Crippen molar-refractivity contribution in [2.45, 2.75) is 25.8 Å². The van der Waals surface area contributed by atoms with Gasteiger partial charge in [-0.3, -0.25) is 14.0 Å². The lowest BCUT2D eigenvalue weighted by Gasteiger charge is -2.28. The van der Waals surface area contributed by atoms with Crippen molar-refractivity contribution in [2.24, 2.45) is 0 Å². The van der Waals surface area contributed by atoms with Gasteiger partial charge in [0.2, 0.25) is 17.6 Å². The van der Waals surface area contributed by atoms with Crippen LogP contribution in [-0.2, 0) is 24.2 Å². The minimum atomic E-state index is -0.386. The number of hydrogen-bond acceptors (Lipinski definition) is 6. The summed E-state index contributed by atoms with van der Waals surface area (Å²) in [4.78, 5) is 36.0. The van der Waals surface area contributed by atoms with Gasteiger partial charge in [0, 0.05) is 37.6 Å². The number of benzene rings is 1. The van der Waals surface area contributed by atoms with Crippen LogP contribution in [0.15, 0.2) is 58.0 Å².